The lowest BCUT2D eigenvalue weighted by Crippen LogP contribution is -2.27. The molecule has 0 fully saturated rings. The number of aromatic nitrogens is 3. The van der Waals surface area contributed by atoms with Crippen LogP contribution in [0.5, 0.6) is 5.75 Å². The van der Waals surface area contributed by atoms with Gasteiger partial charge < -0.3 is 9.64 Å². The molecule has 0 atom stereocenters. The molecular weight excluding hydrogens is 414 g/mol. The van der Waals surface area contributed by atoms with Gasteiger partial charge >= 0.3 is 0 Å². The van der Waals surface area contributed by atoms with Gasteiger partial charge in [0.1, 0.15) is 0 Å². The molecule has 1 amide bonds. The van der Waals surface area contributed by atoms with Crippen molar-refractivity contribution in [1.82, 2.24) is 19.5 Å². The summed E-state index contributed by atoms with van der Waals surface area (Å²) >= 11 is 13.3. The van der Waals surface area contributed by atoms with Gasteiger partial charge in [-0.25, -0.2) is 4.39 Å². The van der Waals surface area contributed by atoms with E-state index in [4.69, 9.17) is 27.9 Å². The molecule has 3 rings (SSSR count). The van der Waals surface area contributed by atoms with Crippen LogP contribution in [-0.4, -0.2) is 45.3 Å². The van der Waals surface area contributed by atoms with Gasteiger partial charge in [-0.15, -0.1) is 10.2 Å². The summed E-state index contributed by atoms with van der Waals surface area (Å²) in [6.45, 7) is 0.276. The summed E-state index contributed by atoms with van der Waals surface area (Å²) in [5.41, 5.74) is 1.14. The Kier molecular flexibility index (Phi) is 6.08. The van der Waals surface area contributed by atoms with Crippen LogP contribution in [0.25, 0.3) is 5.65 Å². The minimum Gasteiger partial charge on any atom is -0.494 e. The third kappa shape index (κ3) is 4.45. The van der Waals surface area contributed by atoms with Crippen molar-refractivity contribution in [2.24, 2.45) is 0 Å². The first-order valence-corrected chi connectivity index (χ1v) is 9.52. The number of pyridine rings is 1. The first-order chi connectivity index (χ1) is 12.9. The fourth-order valence-electron chi connectivity index (χ4n) is 2.41. The number of ether oxygens (including phenoxy) is 1. The number of methoxy groups -OCH3 is 1. The van der Waals surface area contributed by atoms with Crippen LogP contribution in [0.1, 0.15) is 5.56 Å². The monoisotopic (exact) mass is 428 g/mol. The van der Waals surface area contributed by atoms with Crippen molar-refractivity contribution in [3.63, 3.8) is 0 Å². The number of hydrogen-bond donors (Lipinski definition) is 0. The van der Waals surface area contributed by atoms with E-state index >= 15 is 0 Å². The predicted molar refractivity (Wildman–Crippen MR) is 103 cm³/mol. The topological polar surface area (TPSA) is 59.7 Å². The number of amides is 1. The second kappa shape index (κ2) is 8.33. The molecule has 0 bridgehead atoms. The van der Waals surface area contributed by atoms with Gasteiger partial charge in [-0.3, -0.25) is 9.20 Å². The number of thioether (sulfide) groups is 1. The van der Waals surface area contributed by atoms with Gasteiger partial charge in [-0.2, -0.15) is 0 Å². The fraction of sp³-hybridized carbons (Fsp3) is 0.235. The zero-order chi connectivity index (χ0) is 19.6. The van der Waals surface area contributed by atoms with Crippen LogP contribution >= 0.6 is 35.0 Å². The highest BCUT2D eigenvalue weighted by molar-refractivity contribution is 7.99. The summed E-state index contributed by atoms with van der Waals surface area (Å²) in [6, 6.07) is 6.18. The molecule has 1 aromatic carbocycles. The van der Waals surface area contributed by atoms with Crippen LogP contribution in [0.4, 0.5) is 4.39 Å². The maximum absolute atomic E-state index is 13.8. The number of carbonyl (C=O) groups is 1. The molecule has 0 aliphatic rings. The first kappa shape index (κ1) is 19.7. The second-order valence-corrected chi connectivity index (χ2v) is 7.48. The number of carbonyl (C=O) groups excluding carboxylic acids is 1. The van der Waals surface area contributed by atoms with Crippen molar-refractivity contribution < 1.29 is 13.9 Å². The molecule has 10 heteroatoms. The highest BCUT2D eigenvalue weighted by Crippen LogP contribution is 2.25. The zero-order valence-electron chi connectivity index (χ0n) is 14.4. The molecule has 0 N–H and O–H groups in total. The highest BCUT2D eigenvalue weighted by atomic mass is 35.5. The summed E-state index contributed by atoms with van der Waals surface area (Å²) in [6.07, 6.45) is 1.64. The maximum Gasteiger partial charge on any atom is 0.233 e. The molecule has 0 aliphatic heterocycles. The number of hydrogen-bond acceptors (Lipinski definition) is 5. The molecular formula is C17H15Cl2FN4O2S. The Labute approximate surface area is 169 Å². The molecule has 0 saturated carbocycles. The van der Waals surface area contributed by atoms with Crippen molar-refractivity contribution in [3.05, 3.63) is 51.9 Å². The third-order valence-electron chi connectivity index (χ3n) is 3.78. The van der Waals surface area contributed by atoms with Gasteiger partial charge in [-0.05, 0) is 23.8 Å². The molecule has 6 nitrogen and oxygen atoms in total. The Morgan fingerprint density at radius 1 is 1.33 bits per heavy atom. The van der Waals surface area contributed by atoms with E-state index in [9.17, 15) is 9.18 Å². The average Bonchev–Trinajstić information content (AvgIpc) is 3.03. The number of nitrogens with zero attached hydrogens (tertiary/aromatic N) is 4. The molecule has 27 heavy (non-hydrogen) atoms. The smallest absolute Gasteiger partial charge is 0.233 e. The van der Waals surface area contributed by atoms with Crippen molar-refractivity contribution in [2.45, 2.75) is 11.7 Å². The van der Waals surface area contributed by atoms with Crippen molar-refractivity contribution >= 4 is 46.5 Å². The lowest BCUT2D eigenvalue weighted by molar-refractivity contribution is -0.127. The molecule has 0 saturated heterocycles. The fourth-order valence-corrected chi connectivity index (χ4v) is 3.77. The SMILES string of the molecule is COc1ccc(CN(C)C(=O)CSc2nnc3c(Cl)cc(Cl)cn23)cc1F. The summed E-state index contributed by atoms with van der Waals surface area (Å²) in [5.74, 6) is -0.297. The van der Waals surface area contributed by atoms with Crippen molar-refractivity contribution in [2.75, 3.05) is 19.9 Å². The lowest BCUT2D eigenvalue weighted by Gasteiger charge is -2.17. The summed E-state index contributed by atoms with van der Waals surface area (Å²) in [4.78, 5) is 13.9. The predicted octanol–water partition coefficient (Wildman–Crippen LogP) is 3.93. The Morgan fingerprint density at radius 3 is 2.81 bits per heavy atom. The third-order valence-corrected chi connectivity index (χ3v) is 5.19. The second-order valence-electron chi connectivity index (χ2n) is 5.69. The van der Waals surface area contributed by atoms with E-state index in [1.165, 1.54) is 35.9 Å². The van der Waals surface area contributed by atoms with E-state index in [1.807, 2.05) is 0 Å². The van der Waals surface area contributed by atoms with Crippen LogP contribution in [0, 0.1) is 5.82 Å². The number of halogens is 3. The van der Waals surface area contributed by atoms with Gasteiger partial charge in [0.05, 0.1) is 22.9 Å². The summed E-state index contributed by atoms with van der Waals surface area (Å²) in [7, 11) is 3.06. The van der Waals surface area contributed by atoms with E-state index in [-0.39, 0.29) is 24.0 Å². The van der Waals surface area contributed by atoms with E-state index in [0.29, 0.717) is 26.4 Å². The summed E-state index contributed by atoms with van der Waals surface area (Å²) < 4.78 is 20.3. The molecule has 142 valence electrons. The van der Waals surface area contributed by atoms with Crippen LogP contribution < -0.4 is 4.74 Å². The number of fused-ring (bicyclic) bond motifs is 1. The van der Waals surface area contributed by atoms with Gasteiger partial charge in [0, 0.05) is 19.8 Å². The van der Waals surface area contributed by atoms with Gasteiger partial charge in [-0.1, -0.05) is 41.0 Å². The Bertz CT molecular complexity index is 998. The summed E-state index contributed by atoms with van der Waals surface area (Å²) in [5, 5.41) is 9.37. The Hall–Kier alpha value is -2.03. The van der Waals surface area contributed by atoms with Crippen LogP contribution in [0.2, 0.25) is 10.0 Å². The molecule has 0 spiro atoms. The first-order valence-electron chi connectivity index (χ1n) is 7.78. The minimum absolute atomic E-state index is 0.138. The standard InChI is InChI=1S/C17H15Cl2FN4O2S/c1-23(7-10-3-4-14(26-2)13(20)5-10)15(25)9-27-17-22-21-16-12(19)6-11(18)8-24(16)17/h3-6,8H,7,9H2,1-2H3. The zero-order valence-corrected chi connectivity index (χ0v) is 16.8. The molecule has 0 radical (unpaired) electrons. The van der Waals surface area contributed by atoms with Crippen molar-refractivity contribution in [1.29, 1.82) is 0 Å². The Balaban J connectivity index is 1.64. The van der Waals surface area contributed by atoms with E-state index in [1.54, 1.807) is 29.8 Å². The highest BCUT2D eigenvalue weighted by Gasteiger charge is 2.15. The van der Waals surface area contributed by atoms with Crippen LogP contribution in [0.3, 0.4) is 0 Å². The Morgan fingerprint density at radius 2 is 2.11 bits per heavy atom. The maximum atomic E-state index is 13.8. The normalized spacial score (nSPS) is 11.0. The molecule has 0 unspecified atom stereocenters. The van der Waals surface area contributed by atoms with Gasteiger partial charge in [0.15, 0.2) is 22.4 Å². The molecule has 2 heterocycles. The van der Waals surface area contributed by atoms with Crippen LogP contribution in [-0.2, 0) is 11.3 Å². The lowest BCUT2D eigenvalue weighted by atomic mass is 10.2. The van der Waals surface area contributed by atoms with Crippen molar-refractivity contribution in [3.8, 4) is 5.75 Å². The van der Waals surface area contributed by atoms with E-state index < -0.39 is 5.82 Å². The molecule has 3 aromatic rings. The quantitative estimate of drug-likeness (QED) is 0.556. The minimum atomic E-state index is -0.464. The van der Waals surface area contributed by atoms with Gasteiger partial charge in [0.2, 0.25) is 5.91 Å². The largest absolute Gasteiger partial charge is 0.494 e. The molecule has 0 aliphatic carbocycles. The van der Waals surface area contributed by atoms with E-state index in [2.05, 4.69) is 10.2 Å². The number of benzene rings is 1. The van der Waals surface area contributed by atoms with E-state index in [0.717, 1.165) is 0 Å². The average molecular weight is 429 g/mol. The number of rotatable bonds is 6. The molecule has 2 aromatic heterocycles. The van der Waals surface area contributed by atoms with Crippen LogP contribution in [0.15, 0.2) is 35.6 Å². The van der Waals surface area contributed by atoms with Gasteiger partial charge in [0.25, 0.3) is 0 Å².